The van der Waals surface area contributed by atoms with Crippen molar-refractivity contribution in [1.82, 2.24) is 9.21 Å². The lowest BCUT2D eigenvalue weighted by molar-refractivity contribution is -0.163. The minimum absolute atomic E-state index is 0.126. The second-order valence-corrected chi connectivity index (χ2v) is 10.4. The molecule has 0 aromatic heterocycles. The van der Waals surface area contributed by atoms with Crippen LogP contribution in [0, 0.1) is 12.8 Å². The quantitative estimate of drug-likeness (QED) is 0.548. The van der Waals surface area contributed by atoms with Gasteiger partial charge in [-0.2, -0.15) is 4.31 Å². The Morgan fingerprint density at radius 3 is 2.27 bits per heavy atom. The molecule has 2 fully saturated rings. The molecule has 2 aliphatic rings. The summed E-state index contributed by atoms with van der Waals surface area (Å²) in [6, 6.07) is 5.51. The van der Waals surface area contributed by atoms with Gasteiger partial charge in [-0.25, -0.2) is 8.42 Å². The summed E-state index contributed by atoms with van der Waals surface area (Å²) in [4.78, 5) is 39.2. The van der Waals surface area contributed by atoms with E-state index >= 15 is 0 Å². The predicted octanol–water partition coefficient (Wildman–Crippen LogP) is 1.88. The molecule has 3 rings (SSSR count). The molecular formula is C23H32N2O7S. The largest absolute Gasteiger partial charge is 0.466 e. The second-order valence-electron chi connectivity index (χ2n) is 8.52. The molecule has 182 valence electrons. The topological polar surface area (TPSA) is 110 Å². The number of aryl methyl sites for hydroxylation is 1. The van der Waals surface area contributed by atoms with E-state index in [4.69, 9.17) is 9.47 Å². The number of hydrogen-bond acceptors (Lipinski definition) is 7. The molecule has 2 aliphatic heterocycles. The van der Waals surface area contributed by atoms with E-state index in [2.05, 4.69) is 0 Å². The Bertz CT molecular complexity index is 969. The second kappa shape index (κ2) is 10.6. The Morgan fingerprint density at radius 1 is 1.03 bits per heavy atom. The summed E-state index contributed by atoms with van der Waals surface area (Å²) in [6.07, 6.45) is 0.832. The fourth-order valence-electron chi connectivity index (χ4n) is 4.27. The van der Waals surface area contributed by atoms with Gasteiger partial charge in [-0.1, -0.05) is 17.7 Å². The van der Waals surface area contributed by atoms with Gasteiger partial charge in [0.2, 0.25) is 10.0 Å². The zero-order valence-corrected chi connectivity index (χ0v) is 20.2. The highest BCUT2D eigenvalue weighted by Crippen LogP contribution is 2.28. The van der Waals surface area contributed by atoms with Crippen molar-refractivity contribution < 1.29 is 32.3 Å². The number of carbonyl (C=O) groups is 3. The summed E-state index contributed by atoms with van der Waals surface area (Å²) in [5, 5.41) is 0. The van der Waals surface area contributed by atoms with Gasteiger partial charge >= 0.3 is 11.9 Å². The van der Waals surface area contributed by atoms with E-state index in [1.54, 1.807) is 24.0 Å². The van der Waals surface area contributed by atoms with Gasteiger partial charge < -0.3 is 14.4 Å². The maximum Gasteiger partial charge on any atom is 0.325 e. The van der Waals surface area contributed by atoms with E-state index in [9.17, 15) is 22.8 Å². The molecule has 2 heterocycles. The van der Waals surface area contributed by atoms with Crippen LogP contribution >= 0.6 is 0 Å². The minimum Gasteiger partial charge on any atom is -0.466 e. The molecule has 0 bridgehead atoms. The number of hydrogen-bond donors (Lipinski definition) is 0. The van der Waals surface area contributed by atoms with Crippen molar-refractivity contribution in [1.29, 1.82) is 0 Å². The summed E-state index contributed by atoms with van der Waals surface area (Å²) in [5.74, 6) is -1.55. The summed E-state index contributed by atoms with van der Waals surface area (Å²) in [7, 11) is -3.85. The first-order valence-corrected chi connectivity index (χ1v) is 12.8. The van der Waals surface area contributed by atoms with E-state index in [0.717, 1.165) is 5.56 Å². The van der Waals surface area contributed by atoms with Crippen molar-refractivity contribution in [3.8, 4) is 0 Å². The molecule has 1 amide bonds. The lowest BCUT2D eigenvalue weighted by Gasteiger charge is -2.32. The molecule has 1 aromatic rings. The first-order chi connectivity index (χ1) is 15.6. The third kappa shape index (κ3) is 5.73. The van der Waals surface area contributed by atoms with Gasteiger partial charge in [0.1, 0.15) is 6.04 Å². The van der Waals surface area contributed by atoms with Gasteiger partial charge in [0.05, 0.1) is 17.4 Å². The van der Waals surface area contributed by atoms with Gasteiger partial charge in [-0.15, -0.1) is 0 Å². The van der Waals surface area contributed by atoms with Crippen molar-refractivity contribution in [2.75, 3.05) is 26.2 Å². The van der Waals surface area contributed by atoms with E-state index in [-0.39, 0.29) is 29.2 Å². The number of likely N-dealkylation sites (tertiary alicyclic amines) is 1. The minimum atomic E-state index is -3.85. The highest BCUT2D eigenvalue weighted by atomic mass is 32.2. The van der Waals surface area contributed by atoms with Crippen molar-refractivity contribution in [3.05, 3.63) is 29.8 Å². The van der Waals surface area contributed by atoms with Crippen LogP contribution in [-0.2, 0) is 33.9 Å². The number of piperidine rings is 1. The summed E-state index contributed by atoms with van der Waals surface area (Å²) >= 11 is 0. The lowest BCUT2D eigenvalue weighted by atomic mass is 9.97. The maximum atomic E-state index is 13.1. The van der Waals surface area contributed by atoms with Crippen LogP contribution in [0.15, 0.2) is 29.2 Å². The Labute approximate surface area is 195 Å². The third-order valence-corrected chi connectivity index (χ3v) is 8.09. The van der Waals surface area contributed by atoms with Gasteiger partial charge in [0.25, 0.3) is 5.91 Å². The van der Waals surface area contributed by atoms with Crippen LogP contribution in [0.25, 0.3) is 0 Å². The molecule has 0 N–H and O–H groups in total. The van der Waals surface area contributed by atoms with Crippen LogP contribution in [0.4, 0.5) is 0 Å². The highest BCUT2D eigenvalue weighted by Gasteiger charge is 2.41. The number of benzene rings is 1. The van der Waals surface area contributed by atoms with E-state index in [0.29, 0.717) is 45.4 Å². The van der Waals surface area contributed by atoms with Crippen LogP contribution in [0.3, 0.4) is 0 Å². The van der Waals surface area contributed by atoms with E-state index in [1.165, 1.54) is 23.4 Å². The molecule has 2 saturated heterocycles. The molecule has 0 aliphatic carbocycles. The zero-order valence-electron chi connectivity index (χ0n) is 19.4. The number of carbonyl (C=O) groups excluding carboxylic acids is 3. The predicted molar refractivity (Wildman–Crippen MR) is 120 cm³/mol. The number of sulfonamides is 1. The number of esters is 2. The first kappa shape index (κ1) is 25.2. The molecule has 0 spiro atoms. The van der Waals surface area contributed by atoms with Crippen molar-refractivity contribution >= 4 is 27.9 Å². The molecule has 2 atom stereocenters. The van der Waals surface area contributed by atoms with Gasteiger partial charge in [0.15, 0.2) is 6.10 Å². The normalized spacial score (nSPS) is 20.9. The van der Waals surface area contributed by atoms with E-state index in [1.807, 2.05) is 6.92 Å². The maximum absolute atomic E-state index is 13.1. The third-order valence-electron chi connectivity index (χ3n) is 6.17. The van der Waals surface area contributed by atoms with Crippen LogP contribution in [0.2, 0.25) is 0 Å². The average molecular weight is 481 g/mol. The molecular weight excluding hydrogens is 448 g/mol. The first-order valence-electron chi connectivity index (χ1n) is 11.4. The summed E-state index contributed by atoms with van der Waals surface area (Å²) in [6.45, 7) is 6.41. The smallest absolute Gasteiger partial charge is 0.325 e. The lowest BCUT2D eigenvalue weighted by Crippen LogP contribution is -2.47. The fourth-order valence-corrected chi connectivity index (χ4v) is 5.91. The van der Waals surface area contributed by atoms with Crippen molar-refractivity contribution in [2.45, 2.75) is 63.5 Å². The molecule has 1 aromatic carbocycles. The molecule has 0 unspecified atom stereocenters. The molecule has 0 saturated carbocycles. The monoisotopic (exact) mass is 480 g/mol. The summed E-state index contributed by atoms with van der Waals surface area (Å²) in [5.41, 5.74) is 0.935. The molecule has 9 nitrogen and oxygen atoms in total. The number of amides is 1. The molecule has 33 heavy (non-hydrogen) atoms. The van der Waals surface area contributed by atoms with Crippen LogP contribution in [0.1, 0.15) is 45.1 Å². The Kier molecular flexibility index (Phi) is 8.12. The highest BCUT2D eigenvalue weighted by molar-refractivity contribution is 7.89. The van der Waals surface area contributed by atoms with Gasteiger partial charge in [0, 0.05) is 19.6 Å². The van der Waals surface area contributed by atoms with Crippen molar-refractivity contribution in [2.24, 2.45) is 5.92 Å². The SMILES string of the molecule is CCOC(=O)C1CCN(C(=O)[C@@H](C)OC(=O)[C@@H]2CCCN2S(=O)(=O)c2ccc(C)cc2)CC1. The summed E-state index contributed by atoms with van der Waals surface area (Å²) < 4.78 is 37.8. The van der Waals surface area contributed by atoms with Crippen LogP contribution < -0.4 is 0 Å². The van der Waals surface area contributed by atoms with Gasteiger partial charge in [-0.05, 0) is 58.6 Å². The molecule has 0 radical (unpaired) electrons. The Balaban J connectivity index is 1.59. The Hall–Kier alpha value is -2.46. The van der Waals surface area contributed by atoms with Crippen molar-refractivity contribution in [3.63, 3.8) is 0 Å². The van der Waals surface area contributed by atoms with Crippen LogP contribution in [-0.4, -0.2) is 73.9 Å². The van der Waals surface area contributed by atoms with Gasteiger partial charge in [-0.3, -0.25) is 14.4 Å². The number of ether oxygens (including phenoxy) is 2. The van der Waals surface area contributed by atoms with E-state index < -0.39 is 28.1 Å². The van der Waals surface area contributed by atoms with Crippen LogP contribution in [0.5, 0.6) is 0 Å². The molecule has 10 heteroatoms. The standard InChI is InChI=1S/C23H32N2O7S/c1-4-31-22(27)18-11-14-24(15-12-18)21(26)17(3)32-23(28)20-6-5-13-25(20)33(29,30)19-9-7-16(2)8-10-19/h7-10,17-18,20H,4-6,11-15H2,1-3H3/t17-,20+/m1/s1. The number of rotatable bonds is 7. The average Bonchev–Trinajstić information content (AvgIpc) is 3.30. The fraction of sp³-hybridized carbons (Fsp3) is 0.609. The Morgan fingerprint density at radius 2 is 1.67 bits per heavy atom. The zero-order chi connectivity index (χ0) is 24.2. The number of nitrogens with zero attached hydrogens (tertiary/aromatic N) is 2.